The number of hydrogen-bond acceptors (Lipinski definition) is 4. The second-order valence-electron chi connectivity index (χ2n) is 4.84. The largest absolute Gasteiger partial charge is 0.323 e. The first-order chi connectivity index (χ1) is 9.95. The van der Waals surface area contributed by atoms with Crippen molar-refractivity contribution in [3.8, 4) is 0 Å². The number of para-hydroxylation sites is 1. The number of nitrogen functional groups attached to an aromatic ring is 1. The molecule has 0 aliphatic rings. The van der Waals surface area contributed by atoms with Crippen molar-refractivity contribution in [2.24, 2.45) is 5.84 Å². The van der Waals surface area contributed by atoms with Crippen molar-refractivity contribution in [3.63, 3.8) is 0 Å². The number of rotatable bonds is 5. The molecular weight excluding hydrogens is 286 g/mol. The maximum atomic E-state index is 12.5. The van der Waals surface area contributed by atoms with Crippen molar-refractivity contribution < 1.29 is 8.42 Å². The van der Waals surface area contributed by atoms with Crippen molar-refractivity contribution in [1.29, 1.82) is 0 Å². The van der Waals surface area contributed by atoms with Crippen LogP contribution in [0, 0.1) is 6.92 Å². The van der Waals surface area contributed by atoms with Gasteiger partial charge < -0.3 is 5.43 Å². The lowest BCUT2D eigenvalue weighted by molar-refractivity contribution is 0.567. The zero-order valence-corrected chi connectivity index (χ0v) is 12.8. The van der Waals surface area contributed by atoms with Gasteiger partial charge >= 0.3 is 0 Å². The molecule has 0 aromatic heterocycles. The highest BCUT2D eigenvalue weighted by atomic mass is 32.2. The van der Waals surface area contributed by atoms with Gasteiger partial charge in [0.25, 0.3) is 0 Å². The van der Waals surface area contributed by atoms with Gasteiger partial charge in [-0.25, -0.2) is 13.1 Å². The van der Waals surface area contributed by atoms with Gasteiger partial charge in [-0.1, -0.05) is 36.4 Å². The van der Waals surface area contributed by atoms with Gasteiger partial charge in [0.1, 0.15) is 4.90 Å². The minimum Gasteiger partial charge on any atom is -0.323 e. The van der Waals surface area contributed by atoms with Gasteiger partial charge in [-0.3, -0.25) is 5.84 Å². The normalized spacial score (nSPS) is 12.9. The van der Waals surface area contributed by atoms with Crippen molar-refractivity contribution in [3.05, 3.63) is 59.7 Å². The zero-order chi connectivity index (χ0) is 15.5. The van der Waals surface area contributed by atoms with Crippen LogP contribution in [-0.4, -0.2) is 8.42 Å². The number of anilines is 1. The Bertz CT molecular complexity index is 729. The highest BCUT2D eigenvalue weighted by molar-refractivity contribution is 7.89. The van der Waals surface area contributed by atoms with Crippen LogP contribution < -0.4 is 16.0 Å². The van der Waals surface area contributed by atoms with E-state index in [1.807, 2.05) is 38.1 Å². The van der Waals surface area contributed by atoms with Gasteiger partial charge in [0, 0.05) is 6.04 Å². The van der Waals surface area contributed by atoms with Crippen LogP contribution in [0.3, 0.4) is 0 Å². The number of hydrazine groups is 1. The fourth-order valence-electron chi connectivity index (χ4n) is 2.25. The zero-order valence-electron chi connectivity index (χ0n) is 12.0. The van der Waals surface area contributed by atoms with Crippen molar-refractivity contribution >= 4 is 15.7 Å². The van der Waals surface area contributed by atoms with Gasteiger partial charge in [-0.05, 0) is 37.1 Å². The lowest BCUT2D eigenvalue weighted by Gasteiger charge is -2.18. The lowest BCUT2D eigenvalue weighted by Crippen LogP contribution is -2.28. The van der Waals surface area contributed by atoms with Crippen LogP contribution in [0.5, 0.6) is 0 Å². The van der Waals surface area contributed by atoms with Gasteiger partial charge in [0.05, 0.1) is 5.69 Å². The van der Waals surface area contributed by atoms with E-state index in [-0.39, 0.29) is 10.9 Å². The summed E-state index contributed by atoms with van der Waals surface area (Å²) in [7, 11) is -3.66. The Morgan fingerprint density at radius 2 is 1.67 bits per heavy atom. The third-order valence-corrected chi connectivity index (χ3v) is 4.92. The minimum atomic E-state index is -3.66. The molecule has 5 nitrogen and oxygen atoms in total. The highest BCUT2D eigenvalue weighted by Crippen LogP contribution is 2.23. The fourth-order valence-corrected chi connectivity index (χ4v) is 3.65. The fraction of sp³-hybridized carbons (Fsp3) is 0.200. The van der Waals surface area contributed by atoms with E-state index < -0.39 is 10.0 Å². The van der Waals surface area contributed by atoms with Crippen molar-refractivity contribution in [2.75, 3.05) is 5.43 Å². The molecule has 0 aliphatic heterocycles. The molecule has 0 radical (unpaired) electrons. The first-order valence-corrected chi connectivity index (χ1v) is 8.07. The molecular formula is C15H19N3O2S. The number of sulfonamides is 1. The molecule has 2 aromatic carbocycles. The smallest absolute Gasteiger partial charge is 0.243 e. The predicted octanol–water partition coefficient (Wildman–Crippen LogP) is 2.32. The van der Waals surface area contributed by atoms with E-state index in [4.69, 9.17) is 5.84 Å². The average Bonchev–Trinajstić information content (AvgIpc) is 2.47. The summed E-state index contributed by atoms with van der Waals surface area (Å²) in [5, 5.41) is 0. The van der Waals surface area contributed by atoms with Crippen molar-refractivity contribution in [1.82, 2.24) is 4.72 Å². The summed E-state index contributed by atoms with van der Waals surface area (Å²) in [6.07, 6.45) is 0. The molecule has 6 heteroatoms. The van der Waals surface area contributed by atoms with E-state index in [1.165, 1.54) is 6.07 Å². The average molecular weight is 305 g/mol. The molecule has 4 N–H and O–H groups in total. The Kier molecular flexibility index (Phi) is 4.62. The van der Waals surface area contributed by atoms with Crippen LogP contribution in [0.25, 0.3) is 0 Å². The molecule has 2 aromatic rings. The quantitative estimate of drug-likeness (QED) is 0.584. The summed E-state index contributed by atoms with van der Waals surface area (Å²) in [6.45, 7) is 3.77. The Hall–Kier alpha value is -1.89. The summed E-state index contributed by atoms with van der Waals surface area (Å²) in [4.78, 5) is 0.132. The molecule has 0 saturated heterocycles. The summed E-state index contributed by atoms with van der Waals surface area (Å²) in [5.74, 6) is 5.37. The molecule has 0 heterocycles. The van der Waals surface area contributed by atoms with Gasteiger partial charge in [0.2, 0.25) is 10.0 Å². The molecule has 112 valence electrons. The molecule has 0 saturated carbocycles. The summed E-state index contributed by atoms with van der Waals surface area (Å²) < 4.78 is 27.7. The predicted molar refractivity (Wildman–Crippen MR) is 84.2 cm³/mol. The van der Waals surface area contributed by atoms with Gasteiger partial charge in [-0.2, -0.15) is 0 Å². The molecule has 2 rings (SSSR count). The third-order valence-electron chi connectivity index (χ3n) is 3.32. The molecule has 0 aliphatic carbocycles. The van der Waals surface area contributed by atoms with Crippen molar-refractivity contribution in [2.45, 2.75) is 24.8 Å². The second-order valence-corrected chi connectivity index (χ2v) is 6.52. The summed E-state index contributed by atoms with van der Waals surface area (Å²) in [5.41, 5.74) is 4.75. The number of nitrogens with two attached hydrogens (primary N) is 1. The van der Waals surface area contributed by atoms with Gasteiger partial charge in [0.15, 0.2) is 0 Å². The maximum absolute atomic E-state index is 12.5. The van der Waals surface area contributed by atoms with Crippen LogP contribution in [0.4, 0.5) is 5.69 Å². The van der Waals surface area contributed by atoms with E-state index in [9.17, 15) is 8.42 Å². The Balaban J connectivity index is 2.32. The number of nitrogens with one attached hydrogen (secondary N) is 2. The third kappa shape index (κ3) is 3.41. The van der Waals surface area contributed by atoms with Crippen LogP contribution in [0.2, 0.25) is 0 Å². The molecule has 0 amide bonds. The molecule has 21 heavy (non-hydrogen) atoms. The SMILES string of the molecule is Cc1ccccc1C(C)NS(=O)(=O)c1ccccc1NN. The molecule has 0 fully saturated rings. The molecule has 0 bridgehead atoms. The first kappa shape index (κ1) is 15.5. The lowest BCUT2D eigenvalue weighted by atomic mass is 10.0. The van der Waals surface area contributed by atoms with Crippen LogP contribution in [-0.2, 0) is 10.0 Å². The monoisotopic (exact) mass is 305 g/mol. The summed E-state index contributed by atoms with van der Waals surface area (Å²) >= 11 is 0. The van der Waals surface area contributed by atoms with Crippen LogP contribution >= 0.6 is 0 Å². The number of hydrogen-bond donors (Lipinski definition) is 3. The standard InChI is InChI=1S/C15H19N3O2S/c1-11-7-3-4-8-13(11)12(2)18-21(19,20)15-10-6-5-9-14(15)17-16/h3-10,12,17-18H,16H2,1-2H3. The molecule has 0 spiro atoms. The van der Waals surface area contributed by atoms with E-state index in [0.717, 1.165) is 11.1 Å². The van der Waals surface area contributed by atoms with E-state index in [2.05, 4.69) is 10.1 Å². The highest BCUT2D eigenvalue weighted by Gasteiger charge is 2.21. The van der Waals surface area contributed by atoms with E-state index in [1.54, 1.807) is 18.2 Å². The Morgan fingerprint density at radius 3 is 2.33 bits per heavy atom. The van der Waals surface area contributed by atoms with E-state index >= 15 is 0 Å². The first-order valence-electron chi connectivity index (χ1n) is 6.59. The maximum Gasteiger partial charge on any atom is 0.243 e. The number of benzene rings is 2. The Labute approximate surface area is 125 Å². The topological polar surface area (TPSA) is 84.2 Å². The van der Waals surface area contributed by atoms with Gasteiger partial charge in [-0.15, -0.1) is 0 Å². The summed E-state index contributed by atoms with van der Waals surface area (Å²) in [6, 6.07) is 13.9. The minimum absolute atomic E-state index is 0.132. The molecule has 1 atom stereocenters. The van der Waals surface area contributed by atoms with Crippen LogP contribution in [0.1, 0.15) is 24.1 Å². The van der Waals surface area contributed by atoms with E-state index in [0.29, 0.717) is 5.69 Å². The number of aryl methyl sites for hydroxylation is 1. The van der Waals surface area contributed by atoms with Crippen LogP contribution in [0.15, 0.2) is 53.4 Å². The Morgan fingerprint density at radius 1 is 1.05 bits per heavy atom. The second kappa shape index (κ2) is 6.26. The molecule has 1 unspecified atom stereocenters.